The molecule has 1 saturated heterocycles. The topological polar surface area (TPSA) is 43.9 Å². The number of halogens is 1. The van der Waals surface area contributed by atoms with Gasteiger partial charge in [-0.3, -0.25) is 14.5 Å². The van der Waals surface area contributed by atoms with Crippen molar-refractivity contribution < 1.29 is 14.0 Å². The number of likely N-dealkylation sites (N-methyl/N-ethyl adjacent to an activating group) is 1. The molecule has 23 heavy (non-hydrogen) atoms. The van der Waals surface area contributed by atoms with Gasteiger partial charge in [-0.15, -0.1) is 0 Å². The molecule has 126 valence electrons. The molecule has 1 heterocycles. The van der Waals surface area contributed by atoms with Crippen LogP contribution in [-0.4, -0.2) is 66.3 Å². The van der Waals surface area contributed by atoms with Crippen LogP contribution in [0.1, 0.15) is 18.9 Å². The first-order chi connectivity index (χ1) is 11.0. The zero-order valence-corrected chi connectivity index (χ0v) is 13.8. The van der Waals surface area contributed by atoms with Crippen LogP contribution in [0.15, 0.2) is 24.3 Å². The maximum Gasteiger partial charge on any atom is 0.236 e. The summed E-state index contributed by atoms with van der Waals surface area (Å²) in [7, 11) is 1.69. The van der Waals surface area contributed by atoms with Crippen LogP contribution >= 0.6 is 0 Å². The molecule has 0 saturated carbocycles. The third-order valence-electron chi connectivity index (χ3n) is 4.18. The summed E-state index contributed by atoms with van der Waals surface area (Å²) in [5.74, 6) is -0.251. The number of carbonyl (C=O) groups excluding carboxylic acids is 2. The first-order valence-corrected chi connectivity index (χ1v) is 7.92. The lowest BCUT2D eigenvalue weighted by atomic mass is 10.2. The van der Waals surface area contributed by atoms with Crippen LogP contribution < -0.4 is 0 Å². The second-order valence-electron chi connectivity index (χ2n) is 5.98. The van der Waals surface area contributed by atoms with Crippen LogP contribution in [0.5, 0.6) is 0 Å². The number of benzene rings is 1. The molecule has 0 atom stereocenters. The van der Waals surface area contributed by atoms with Crippen molar-refractivity contribution >= 4 is 11.8 Å². The molecule has 0 radical (unpaired) electrons. The smallest absolute Gasteiger partial charge is 0.236 e. The van der Waals surface area contributed by atoms with Crippen molar-refractivity contribution in [2.24, 2.45) is 0 Å². The van der Waals surface area contributed by atoms with Crippen LogP contribution in [0.2, 0.25) is 0 Å². The van der Waals surface area contributed by atoms with E-state index < -0.39 is 0 Å². The summed E-state index contributed by atoms with van der Waals surface area (Å²) in [5.41, 5.74) is 0.516. The summed E-state index contributed by atoms with van der Waals surface area (Å²) >= 11 is 0. The predicted octanol–water partition coefficient (Wildman–Crippen LogP) is 1.34. The molecule has 0 N–H and O–H groups in total. The van der Waals surface area contributed by atoms with E-state index in [1.54, 1.807) is 37.1 Å². The molecular formula is C17H24FN3O2. The molecule has 0 aliphatic carbocycles. The quantitative estimate of drug-likeness (QED) is 0.840. The predicted molar refractivity (Wildman–Crippen MR) is 86.2 cm³/mol. The lowest BCUT2D eigenvalue weighted by molar-refractivity contribution is -0.131. The maximum absolute atomic E-state index is 13.7. The van der Waals surface area contributed by atoms with Gasteiger partial charge in [-0.2, -0.15) is 0 Å². The SMILES string of the molecule is CC(=O)N1CCCN(CC(=O)N(C)Cc2ccccc2F)CC1. The molecule has 2 rings (SSSR count). The van der Waals surface area contributed by atoms with Crippen LogP contribution in [0.3, 0.4) is 0 Å². The number of nitrogens with zero attached hydrogens (tertiary/aromatic N) is 3. The Hall–Kier alpha value is -1.95. The van der Waals surface area contributed by atoms with Gasteiger partial charge in [-0.05, 0) is 12.5 Å². The Morgan fingerprint density at radius 1 is 1.17 bits per heavy atom. The minimum absolute atomic E-state index is 0.0375. The van der Waals surface area contributed by atoms with Gasteiger partial charge in [0.1, 0.15) is 5.82 Å². The second-order valence-corrected chi connectivity index (χ2v) is 5.98. The monoisotopic (exact) mass is 321 g/mol. The van der Waals surface area contributed by atoms with Crippen molar-refractivity contribution in [3.05, 3.63) is 35.6 Å². The summed E-state index contributed by atoms with van der Waals surface area (Å²) in [4.78, 5) is 29.2. The zero-order valence-electron chi connectivity index (χ0n) is 13.8. The van der Waals surface area contributed by atoms with Crippen molar-refractivity contribution in [2.75, 3.05) is 39.8 Å². The highest BCUT2D eigenvalue weighted by atomic mass is 19.1. The van der Waals surface area contributed by atoms with Crippen LogP contribution in [0, 0.1) is 5.82 Å². The summed E-state index contributed by atoms with van der Waals surface area (Å²) in [6.45, 7) is 5.02. The summed E-state index contributed by atoms with van der Waals surface area (Å²) in [6, 6.07) is 6.50. The molecule has 0 bridgehead atoms. The van der Waals surface area contributed by atoms with Gasteiger partial charge >= 0.3 is 0 Å². The zero-order chi connectivity index (χ0) is 16.8. The van der Waals surface area contributed by atoms with E-state index in [2.05, 4.69) is 4.90 Å². The van der Waals surface area contributed by atoms with Gasteiger partial charge < -0.3 is 9.80 Å². The van der Waals surface area contributed by atoms with Gasteiger partial charge in [0.15, 0.2) is 0 Å². The number of rotatable bonds is 4. The highest BCUT2D eigenvalue weighted by molar-refractivity contribution is 5.78. The Morgan fingerprint density at radius 3 is 2.61 bits per heavy atom. The second kappa shape index (κ2) is 8.06. The average Bonchev–Trinajstić information content (AvgIpc) is 2.75. The van der Waals surface area contributed by atoms with Gasteiger partial charge in [0.2, 0.25) is 11.8 Å². The minimum atomic E-state index is -0.293. The summed E-state index contributed by atoms with van der Waals surface area (Å²) < 4.78 is 13.7. The largest absolute Gasteiger partial charge is 0.342 e. The molecule has 0 aromatic heterocycles. The van der Waals surface area contributed by atoms with E-state index in [0.717, 1.165) is 19.5 Å². The van der Waals surface area contributed by atoms with E-state index in [0.29, 0.717) is 25.2 Å². The molecule has 5 nitrogen and oxygen atoms in total. The van der Waals surface area contributed by atoms with Crippen molar-refractivity contribution in [3.63, 3.8) is 0 Å². The van der Waals surface area contributed by atoms with Gasteiger partial charge in [0.05, 0.1) is 6.54 Å². The molecule has 2 amide bonds. The van der Waals surface area contributed by atoms with Crippen molar-refractivity contribution in [1.29, 1.82) is 0 Å². The lowest BCUT2D eigenvalue weighted by Gasteiger charge is -2.24. The number of hydrogen-bond donors (Lipinski definition) is 0. The van der Waals surface area contributed by atoms with Gasteiger partial charge in [0.25, 0.3) is 0 Å². The highest BCUT2D eigenvalue weighted by Crippen LogP contribution is 2.10. The number of hydrogen-bond acceptors (Lipinski definition) is 3. The first kappa shape index (κ1) is 17.4. The van der Waals surface area contributed by atoms with Crippen LogP contribution in [0.25, 0.3) is 0 Å². The third kappa shape index (κ3) is 5.03. The summed E-state index contributed by atoms with van der Waals surface area (Å²) in [5, 5.41) is 0. The average molecular weight is 321 g/mol. The van der Waals surface area contributed by atoms with Gasteiger partial charge in [-0.25, -0.2) is 4.39 Å². The molecule has 1 aliphatic rings. The van der Waals surface area contributed by atoms with Crippen molar-refractivity contribution in [3.8, 4) is 0 Å². The van der Waals surface area contributed by atoms with Gasteiger partial charge in [-0.1, -0.05) is 18.2 Å². The lowest BCUT2D eigenvalue weighted by Crippen LogP contribution is -2.40. The first-order valence-electron chi connectivity index (χ1n) is 7.92. The Bertz CT molecular complexity index is 565. The fraction of sp³-hybridized carbons (Fsp3) is 0.529. The normalized spacial score (nSPS) is 16.0. The van der Waals surface area contributed by atoms with E-state index in [1.165, 1.54) is 6.07 Å². The van der Waals surface area contributed by atoms with E-state index >= 15 is 0 Å². The number of carbonyl (C=O) groups is 2. The molecule has 1 fully saturated rings. The molecule has 1 aromatic carbocycles. The van der Waals surface area contributed by atoms with Gasteiger partial charge in [0, 0.05) is 52.3 Å². The molecule has 6 heteroatoms. The Labute approximate surface area is 136 Å². The molecular weight excluding hydrogens is 297 g/mol. The Balaban J connectivity index is 1.86. The number of amides is 2. The van der Waals surface area contributed by atoms with Crippen molar-refractivity contribution in [1.82, 2.24) is 14.7 Å². The molecule has 1 aliphatic heterocycles. The third-order valence-corrected chi connectivity index (χ3v) is 4.18. The van der Waals surface area contributed by atoms with Crippen LogP contribution in [-0.2, 0) is 16.1 Å². The Morgan fingerprint density at radius 2 is 1.91 bits per heavy atom. The fourth-order valence-corrected chi connectivity index (χ4v) is 2.73. The van der Waals surface area contributed by atoms with E-state index in [-0.39, 0.29) is 24.2 Å². The standard InChI is InChI=1S/C17H24FN3O2/c1-14(22)21-9-5-8-20(10-11-21)13-17(23)19(2)12-15-6-3-4-7-16(15)18/h3-4,6-7H,5,8-13H2,1-2H3. The highest BCUT2D eigenvalue weighted by Gasteiger charge is 2.20. The fourth-order valence-electron chi connectivity index (χ4n) is 2.73. The molecule has 0 unspecified atom stereocenters. The minimum Gasteiger partial charge on any atom is -0.342 e. The maximum atomic E-state index is 13.7. The molecule has 0 spiro atoms. The Kier molecular flexibility index (Phi) is 6.10. The van der Waals surface area contributed by atoms with Crippen molar-refractivity contribution in [2.45, 2.75) is 19.9 Å². The van der Waals surface area contributed by atoms with E-state index in [4.69, 9.17) is 0 Å². The van der Waals surface area contributed by atoms with E-state index in [9.17, 15) is 14.0 Å². The summed E-state index contributed by atoms with van der Waals surface area (Å²) in [6.07, 6.45) is 0.865. The molecule has 1 aromatic rings. The van der Waals surface area contributed by atoms with E-state index in [1.807, 2.05) is 4.90 Å². The van der Waals surface area contributed by atoms with Crippen LogP contribution in [0.4, 0.5) is 4.39 Å².